The van der Waals surface area contributed by atoms with E-state index in [9.17, 15) is 10.1 Å². The molecule has 0 aliphatic carbocycles. The van der Waals surface area contributed by atoms with Gasteiger partial charge in [0, 0.05) is 0 Å². The predicted molar refractivity (Wildman–Crippen MR) is 65.3 cm³/mol. The van der Waals surface area contributed by atoms with E-state index >= 15 is 0 Å². The molecule has 0 saturated heterocycles. The first kappa shape index (κ1) is 13.2. The van der Waals surface area contributed by atoms with Crippen molar-refractivity contribution < 1.29 is 13.9 Å². The van der Waals surface area contributed by atoms with Crippen molar-refractivity contribution in [2.45, 2.75) is 20.4 Å². The molecule has 0 aliphatic heterocycles. The van der Waals surface area contributed by atoms with Crippen LogP contribution in [0.25, 0.3) is 11.6 Å². The fourth-order valence-corrected chi connectivity index (χ4v) is 1.60. The third kappa shape index (κ3) is 2.97. The van der Waals surface area contributed by atoms with E-state index in [1.54, 1.807) is 0 Å². The van der Waals surface area contributed by atoms with E-state index in [-0.39, 0.29) is 17.5 Å². The minimum Gasteiger partial charge on any atom is -0.397 e. The van der Waals surface area contributed by atoms with E-state index in [2.05, 4.69) is 15.0 Å². The van der Waals surface area contributed by atoms with Gasteiger partial charge in [-0.2, -0.15) is 4.98 Å². The predicted octanol–water partition coefficient (Wildman–Crippen LogP) is 2.08. The molecule has 0 bridgehead atoms. The quantitative estimate of drug-likeness (QED) is 0.583. The Kier molecular flexibility index (Phi) is 3.91. The highest BCUT2D eigenvalue weighted by Gasteiger charge is 2.18. The largest absolute Gasteiger partial charge is 0.433 e. The van der Waals surface area contributed by atoms with Crippen LogP contribution in [0.3, 0.4) is 0 Å². The lowest BCUT2D eigenvalue weighted by Gasteiger charge is -2.14. The molecule has 8 nitrogen and oxygen atoms in total. The molecular weight excluding hydrogens is 252 g/mol. The molecule has 0 amide bonds. The number of aromatic nitrogens is 2. The Labute approximate surface area is 109 Å². The third-order valence-corrected chi connectivity index (χ3v) is 2.71. The highest BCUT2D eigenvalue weighted by atomic mass is 16.6. The van der Waals surface area contributed by atoms with E-state index in [4.69, 9.17) is 8.94 Å². The summed E-state index contributed by atoms with van der Waals surface area (Å²) < 4.78 is 10.1. The van der Waals surface area contributed by atoms with E-state index in [0.29, 0.717) is 12.4 Å². The van der Waals surface area contributed by atoms with Crippen molar-refractivity contribution in [1.82, 2.24) is 15.0 Å². The highest BCUT2D eigenvalue weighted by Crippen LogP contribution is 2.23. The summed E-state index contributed by atoms with van der Waals surface area (Å²) in [6.07, 6.45) is 0. The van der Waals surface area contributed by atoms with Gasteiger partial charge in [0.05, 0.1) is 12.6 Å². The number of rotatable bonds is 6. The van der Waals surface area contributed by atoms with Crippen molar-refractivity contribution in [2.75, 3.05) is 13.1 Å². The van der Waals surface area contributed by atoms with Crippen LogP contribution in [-0.4, -0.2) is 33.1 Å². The zero-order valence-corrected chi connectivity index (χ0v) is 10.7. The van der Waals surface area contributed by atoms with Crippen LogP contribution in [0.1, 0.15) is 19.7 Å². The first-order chi connectivity index (χ1) is 9.13. The molecule has 0 aliphatic rings. The topological polar surface area (TPSA) is 98.4 Å². The molecule has 0 atom stereocenters. The Morgan fingerprint density at radius 3 is 2.68 bits per heavy atom. The number of furan rings is 1. The molecule has 0 aromatic carbocycles. The maximum Gasteiger partial charge on any atom is 0.433 e. The zero-order chi connectivity index (χ0) is 13.8. The van der Waals surface area contributed by atoms with Gasteiger partial charge in [0.2, 0.25) is 11.7 Å². The van der Waals surface area contributed by atoms with Gasteiger partial charge in [-0.25, -0.2) is 0 Å². The highest BCUT2D eigenvalue weighted by molar-refractivity contribution is 5.47. The monoisotopic (exact) mass is 266 g/mol. The van der Waals surface area contributed by atoms with Crippen LogP contribution in [0.2, 0.25) is 0 Å². The van der Waals surface area contributed by atoms with Gasteiger partial charge in [0.1, 0.15) is 4.92 Å². The first-order valence-corrected chi connectivity index (χ1v) is 5.93. The maximum absolute atomic E-state index is 10.5. The number of nitrogens with zero attached hydrogens (tertiary/aromatic N) is 4. The molecule has 19 heavy (non-hydrogen) atoms. The van der Waals surface area contributed by atoms with Crippen molar-refractivity contribution in [3.63, 3.8) is 0 Å². The van der Waals surface area contributed by atoms with E-state index in [0.717, 1.165) is 13.1 Å². The minimum absolute atomic E-state index is 0.218. The minimum atomic E-state index is -0.611. The van der Waals surface area contributed by atoms with Crippen LogP contribution in [0.15, 0.2) is 21.1 Å². The molecule has 0 fully saturated rings. The summed E-state index contributed by atoms with van der Waals surface area (Å²) in [4.78, 5) is 16.2. The van der Waals surface area contributed by atoms with Crippen LogP contribution < -0.4 is 0 Å². The van der Waals surface area contributed by atoms with Crippen LogP contribution in [-0.2, 0) is 6.54 Å². The summed E-state index contributed by atoms with van der Waals surface area (Å²) in [5.41, 5.74) is 0. The van der Waals surface area contributed by atoms with E-state index in [1.807, 2.05) is 13.8 Å². The van der Waals surface area contributed by atoms with E-state index < -0.39 is 4.92 Å². The lowest BCUT2D eigenvalue weighted by molar-refractivity contribution is -0.401. The molecule has 2 heterocycles. The van der Waals surface area contributed by atoms with Crippen LogP contribution in [0.5, 0.6) is 0 Å². The normalized spacial score (nSPS) is 11.1. The summed E-state index contributed by atoms with van der Waals surface area (Å²) in [5, 5.41) is 14.3. The first-order valence-electron chi connectivity index (χ1n) is 5.93. The lowest BCUT2D eigenvalue weighted by atomic mass is 10.4. The van der Waals surface area contributed by atoms with Crippen LogP contribution >= 0.6 is 0 Å². The number of hydrogen-bond acceptors (Lipinski definition) is 7. The Balaban J connectivity index is 2.13. The summed E-state index contributed by atoms with van der Waals surface area (Å²) in [6.45, 7) is 6.37. The van der Waals surface area contributed by atoms with Gasteiger partial charge in [-0.15, -0.1) is 0 Å². The van der Waals surface area contributed by atoms with Gasteiger partial charge in [-0.3, -0.25) is 15.0 Å². The molecule has 0 saturated carbocycles. The SMILES string of the molecule is CCN(CC)Cc1nc(-c2ccc([N+](=O)[O-])o2)no1. The Morgan fingerprint density at radius 1 is 1.37 bits per heavy atom. The van der Waals surface area contributed by atoms with Gasteiger partial charge in [-0.1, -0.05) is 19.0 Å². The summed E-state index contributed by atoms with van der Waals surface area (Å²) in [5.74, 6) is 0.555. The average Bonchev–Trinajstić information content (AvgIpc) is 3.04. The summed E-state index contributed by atoms with van der Waals surface area (Å²) >= 11 is 0. The third-order valence-electron chi connectivity index (χ3n) is 2.71. The van der Waals surface area contributed by atoms with Crippen molar-refractivity contribution in [2.24, 2.45) is 0 Å². The average molecular weight is 266 g/mol. The Bertz CT molecular complexity index is 559. The smallest absolute Gasteiger partial charge is 0.397 e. The molecule has 0 radical (unpaired) electrons. The zero-order valence-electron chi connectivity index (χ0n) is 10.7. The Morgan fingerprint density at radius 2 is 2.11 bits per heavy atom. The molecule has 2 aromatic rings. The van der Waals surface area contributed by atoms with E-state index in [1.165, 1.54) is 12.1 Å². The standard InChI is InChI=1S/C11H14N4O4/c1-3-14(4-2)7-9-12-11(13-19-9)8-5-6-10(18-8)15(16)17/h5-6H,3-4,7H2,1-2H3. The molecule has 0 spiro atoms. The van der Waals surface area contributed by atoms with Gasteiger partial charge < -0.3 is 8.94 Å². The number of hydrogen-bond donors (Lipinski definition) is 0. The molecule has 8 heteroatoms. The fourth-order valence-electron chi connectivity index (χ4n) is 1.60. The molecule has 0 N–H and O–H groups in total. The molecule has 2 rings (SSSR count). The van der Waals surface area contributed by atoms with Crippen molar-refractivity contribution in [3.8, 4) is 11.6 Å². The van der Waals surface area contributed by atoms with Gasteiger partial charge in [0.25, 0.3) is 0 Å². The van der Waals surface area contributed by atoms with Crippen molar-refractivity contribution >= 4 is 5.88 Å². The molecular formula is C11H14N4O4. The molecule has 102 valence electrons. The van der Waals surface area contributed by atoms with Crippen LogP contribution in [0, 0.1) is 10.1 Å². The van der Waals surface area contributed by atoms with Crippen molar-refractivity contribution in [3.05, 3.63) is 28.1 Å². The summed E-state index contributed by atoms with van der Waals surface area (Å²) in [7, 11) is 0. The number of nitro groups is 1. The maximum atomic E-state index is 10.5. The second-order valence-corrected chi connectivity index (χ2v) is 3.87. The van der Waals surface area contributed by atoms with Gasteiger partial charge in [-0.05, 0) is 19.2 Å². The molecule has 2 aromatic heterocycles. The van der Waals surface area contributed by atoms with Gasteiger partial charge >= 0.3 is 5.88 Å². The second kappa shape index (κ2) is 5.61. The van der Waals surface area contributed by atoms with Crippen LogP contribution in [0.4, 0.5) is 5.88 Å². The fraction of sp³-hybridized carbons (Fsp3) is 0.455. The van der Waals surface area contributed by atoms with Crippen molar-refractivity contribution in [1.29, 1.82) is 0 Å². The summed E-state index contributed by atoms with van der Waals surface area (Å²) in [6, 6.07) is 2.71. The molecule has 0 unspecified atom stereocenters. The van der Waals surface area contributed by atoms with Gasteiger partial charge in [0.15, 0.2) is 5.76 Å². The Hall–Kier alpha value is -2.22. The lowest BCUT2D eigenvalue weighted by Crippen LogP contribution is -2.22. The second-order valence-electron chi connectivity index (χ2n) is 3.87.